The molecule has 1 aromatic rings. The van der Waals surface area contributed by atoms with Gasteiger partial charge in [0.1, 0.15) is 0 Å². The molecule has 0 aliphatic heterocycles. The summed E-state index contributed by atoms with van der Waals surface area (Å²) in [6.07, 6.45) is 4.53. The van der Waals surface area contributed by atoms with Crippen molar-refractivity contribution in [2.75, 3.05) is 11.9 Å². The second-order valence-electron chi connectivity index (χ2n) is 3.79. The van der Waals surface area contributed by atoms with Crippen LogP contribution in [0.2, 0.25) is 0 Å². The van der Waals surface area contributed by atoms with Crippen LogP contribution in [0.1, 0.15) is 20.3 Å². The number of rotatable bonds is 4. The van der Waals surface area contributed by atoms with E-state index >= 15 is 0 Å². The minimum atomic E-state index is 0.0395. The highest BCUT2D eigenvalue weighted by Crippen LogP contribution is 2.15. The van der Waals surface area contributed by atoms with E-state index in [4.69, 9.17) is 5.73 Å². The van der Waals surface area contributed by atoms with Gasteiger partial charge in [0.25, 0.3) is 0 Å². The molecule has 0 saturated heterocycles. The Morgan fingerprint density at radius 3 is 2.85 bits per heavy atom. The monoisotopic (exact) mass is 179 g/mol. The molecule has 0 radical (unpaired) electrons. The third-order valence-electron chi connectivity index (χ3n) is 1.91. The lowest BCUT2D eigenvalue weighted by Crippen LogP contribution is -2.33. The van der Waals surface area contributed by atoms with E-state index in [1.807, 2.05) is 18.3 Å². The molecule has 3 nitrogen and oxygen atoms in total. The van der Waals surface area contributed by atoms with Gasteiger partial charge in [0.2, 0.25) is 0 Å². The summed E-state index contributed by atoms with van der Waals surface area (Å²) in [6.45, 7) is 4.96. The Kier molecular flexibility index (Phi) is 3.25. The maximum Gasteiger partial charge on any atom is 0.0530 e. The molecule has 1 aromatic heterocycles. The highest BCUT2D eigenvalue weighted by atomic mass is 15.0. The number of hydrogen-bond donors (Lipinski definition) is 2. The summed E-state index contributed by atoms with van der Waals surface area (Å²) in [6, 6.07) is 3.92. The summed E-state index contributed by atoms with van der Waals surface area (Å²) in [4.78, 5) is 4.04. The van der Waals surface area contributed by atoms with Crippen LogP contribution in [-0.2, 0) is 0 Å². The topological polar surface area (TPSA) is 50.9 Å². The second kappa shape index (κ2) is 4.23. The van der Waals surface area contributed by atoms with Gasteiger partial charge in [-0.1, -0.05) is 0 Å². The normalized spacial score (nSPS) is 11.3. The van der Waals surface area contributed by atoms with Gasteiger partial charge in [-0.3, -0.25) is 4.98 Å². The van der Waals surface area contributed by atoms with Gasteiger partial charge in [-0.15, -0.1) is 0 Å². The SMILES string of the molecule is CC(C)(CCN)Nc1cccnc1. The van der Waals surface area contributed by atoms with Gasteiger partial charge in [-0.05, 0) is 38.9 Å². The van der Waals surface area contributed by atoms with Gasteiger partial charge >= 0.3 is 0 Å². The van der Waals surface area contributed by atoms with Crippen molar-refractivity contribution in [3.05, 3.63) is 24.5 Å². The van der Waals surface area contributed by atoms with Gasteiger partial charge in [0.05, 0.1) is 5.69 Å². The van der Waals surface area contributed by atoms with Crippen molar-refractivity contribution >= 4 is 5.69 Å². The van der Waals surface area contributed by atoms with E-state index in [9.17, 15) is 0 Å². The average molecular weight is 179 g/mol. The van der Waals surface area contributed by atoms with Gasteiger partial charge in [-0.2, -0.15) is 0 Å². The Morgan fingerprint density at radius 1 is 1.54 bits per heavy atom. The number of nitrogens with one attached hydrogen (secondary N) is 1. The number of anilines is 1. The van der Waals surface area contributed by atoms with E-state index in [0.717, 1.165) is 12.1 Å². The average Bonchev–Trinajstić information content (AvgIpc) is 2.04. The van der Waals surface area contributed by atoms with E-state index in [1.54, 1.807) is 6.20 Å². The summed E-state index contributed by atoms with van der Waals surface area (Å²) in [5.74, 6) is 0. The first kappa shape index (κ1) is 9.99. The van der Waals surface area contributed by atoms with E-state index in [0.29, 0.717) is 6.54 Å². The third-order valence-corrected chi connectivity index (χ3v) is 1.91. The van der Waals surface area contributed by atoms with E-state index in [1.165, 1.54) is 0 Å². The summed E-state index contributed by atoms with van der Waals surface area (Å²) in [5, 5.41) is 3.38. The summed E-state index contributed by atoms with van der Waals surface area (Å²) in [7, 11) is 0. The fourth-order valence-corrected chi connectivity index (χ4v) is 1.25. The smallest absolute Gasteiger partial charge is 0.0530 e. The molecule has 0 fully saturated rings. The highest BCUT2D eigenvalue weighted by Gasteiger charge is 2.15. The molecule has 0 aromatic carbocycles. The lowest BCUT2D eigenvalue weighted by molar-refractivity contribution is 0.526. The zero-order chi connectivity index (χ0) is 9.73. The first-order valence-electron chi connectivity index (χ1n) is 4.52. The summed E-state index contributed by atoms with van der Waals surface area (Å²) in [5.41, 5.74) is 6.59. The first-order chi connectivity index (χ1) is 6.14. The number of nitrogens with two attached hydrogens (primary N) is 1. The van der Waals surface area contributed by atoms with E-state index < -0.39 is 0 Å². The van der Waals surface area contributed by atoms with Crippen LogP contribution in [-0.4, -0.2) is 17.1 Å². The molecule has 0 atom stereocenters. The lowest BCUT2D eigenvalue weighted by atomic mass is 10.0. The molecule has 0 saturated carbocycles. The van der Waals surface area contributed by atoms with Crippen molar-refractivity contribution < 1.29 is 0 Å². The van der Waals surface area contributed by atoms with Crippen molar-refractivity contribution in [2.24, 2.45) is 5.73 Å². The van der Waals surface area contributed by atoms with Crippen molar-refractivity contribution in [3.8, 4) is 0 Å². The van der Waals surface area contributed by atoms with E-state index in [2.05, 4.69) is 24.1 Å². The zero-order valence-corrected chi connectivity index (χ0v) is 8.25. The molecule has 1 rings (SSSR count). The van der Waals surface area contributed by atoms with Crippen LogP contribution < -0.4 is 11.1 Å². The van der Waals surface area contributed by atoms with Crippen LogP contribution >= 0.6 is 0 Å². The number of pyridine rings is 1. The zero-order valence-electron chi connectivity index (χ0n) is 8.25. The minimum absolute atomic E-state index is 0.0395. The Bertz CT molecular complexity index is 244. The predicted molar refractivity (Wildman–Crippen MR) is 55.6 cm³/mol. The van der Waals surface area contributed by atoms with Gasteiger partial charge < -0.3 is 11.1 Å². The van der Waals surface area contributed by atoms with Crippen molar-refractivity contribution in [3.63, 3.8) is 0 Å². The van der Waals surface area contributed by atoms with E-state index in [-0.39, 0.29) is 5.54 Å². The Morgan fingerprint density at radius 2 is 2.31 bits per heavy atom. The van der Waals surface area contributed by atoms with Crippen molar-refractivity contribution in [1.29, 1.82) is 0 Å². The highest BCUT2D eigenvalue weighted by molar-refractivity contribution is 5.42. The molecule has 0 bridgehead atoms. The molecular formula is C10H17N3. The summed E-state index contributed by atoms with van der Waals surface area (Å²) >= 11 is 0. The predicted octanol–water partition coefficient (Wildman–Crippen LogP) is 1.62. The standard InChI is InChI=1S/C10H17N3/c1-10(2,5-6-11)13-9-4-3-7-12-8-9/h3-4,7-8,13H,5-6,11H2,1-2H3. The molecule has 0 amide bonds. The van der Waals surface area contributed by atoms with Crippen LogP contribution in [0.4, 0.5) is 5.69 Å². The molecule has 0 unspecified atom stereocenters. The molecule has 0 aliphatic rings. The maximum absolute atomic E-state index is 5.51. The third kappa shape index (κ3) is 3.42. The van der Waals surface area contributed by atoms with Crippen molar-refractivity contribution in [2.45, 2.75) is 25.8 Å². The molecule has 1 heterocycles. The quantitative estimate of drug-likeness (QED) is 0.738. The largest absolute Gasteiger partial charge is 0.379 e. The van der Waals surface area contributed by atoms with Crippen LogP contribution in [0, 0.1) is 0 Å². The summed E-state index contributed by atoms with van der Waals surface area (Å²) < 4.78 is 0. The minimum Gasteiger partial charge on any atom is -0.379 e. The van der Waals surface area contributed by atoms with Gasteiger partial charge in [0, 0.05) is 17.9 Å². The van der Waals surface area contributed by atoms with Crippen LogP contribution in [0.25, 0.3) is 0 Å². The fourth-order valence-electron chi connectivity index (χ4n) is 1.25. The molecule has 3 N–H and O–H groups in total. The number of hydrogen-bond acceptors (Lipinski definition) is 3. The van der Waals surface area contributed by atoms with Crippen LogP contribution in [0.3, 0.4) is 0 Å². The second-order valence-corrected chi connectivity index (χ2v) is 3.79. The molecular weight excluding hydrogens is 162 g/mol. The van der Waals surface area contributed by atoms with Gasteiger partial charge in [-0.25, -0.2) is 0 Å². The maximum atomic E-state index is 5.51. The Balaban J connectivity index is 2.58. The molecule has 3 heteroatoms. The molecule has 13 heavy (non-hydrogen) atoms. The Hall–Kier alpha value is -1.09. The number of nitrogens with zero attached hydrogens (tertiary/aromatic N) is 1. The molecule has 0 aliphatic carbocycles. The van der Waals surface area contributed by atoms with Gasteiger partial charge in [0.15, 0.2) is 0 Å². The van der Waals surface area contributed by atoms with Crippen LogP contribution in [0.5, 0.6) is 0 Å². The molecule has 72 valence electrons. The first-order valence-corrected chi connectivity index (χ1v) is 4.52. The van der Waals surface area contributed by atoms with Crippen molar-refractivity contribution in [1.82, 2.24) is 4.98 Å². The lowest BCUT2D eigenvalue weighted by Gasteiger charge is -2.26. The molecule has 0 spiro atoms. The van der Waals surface area contributed by atoms with Crippen LogP contribution in [0.15, 0.2) is 24.5 Å². The number of aromatic nitrogens is 1. The Labute approximate surface area is 79.4 Å². The fraction of sp³-hybridized carbons (Fsp3) is 0.500.